The van der Waals surface area contributed by atoms with E-state index in [1.54, 1.807) is 0 Å². The zero-order valence-corrected chi connectivity index (χ0v) is 17.3. The number of aromatic nitrogens is 1. The van der Waals surface area contributed by atoms with E-state index < -0.39 is 39.3 Å². The van der Waals surface area contributed by atoms with Gasteiger partial charge in [0, 0.05) is 24.8 Å². The van der Waals surface area contributed by atoms with Crippen LogP contribution in [0, 0.1) is 5.92 Å². The number of sulfonamides is 1. The molecule has 0 saturated carbocycles. The maximum atomic E-state index is 13.1. The van der Waals surface area contributed by atoms with Gasteiger partial charge in [0.15, 0.2) is 5.58 Å². The van der Waals surface area contributed by atoms with Crippen LogP contribution in [0.2, 0.25) is 0 Å². The molecule has 1 aromatic heterocycles. The summed E-state index contributed by atoms with van der Waals surface area (Å²) < 4.78 is 70.9. The molecule has 12 heteroatoms. The Balaban J connectivity index is 1.51. The highest BCUT2D eigenvalue weighted by atomic mass is 32.2. The van der Waals surface area contributed by atoms with Gasteiger partial charge < -0.3 is 9.73 Å². The van der Waals surface area contributed by atoms with Crippen molar-refractivity contribution in [3.63, 3.8) is 0 Å². The number of carbonyl (C=O) groups excluding carboxylic acids is 1. The number of fused-ring (bicyclic) bond motifs is 1. The third kappa shape index (κ3) is 4.41. The fraction of sp³-hybridized carbons (Fsp3) is 0.300. The molecule has 1 atom stereocenters. The van der Waals surface area contributed by atoms with Crippen molar-refractivity contribution in [2.24, 2.45) is 5.92 Å². The minimum absolute atomic E-state index is 0.0160. The number of alkyl halides is 3. The number of oxazole rings is 1. The topological polar surface area (TPSA) is 112 Å². The zero-order chi connectivity index (χ0) is 23.1. The third-order valence-electron chi connectivity index (χ3n) is 5.24. The van der Waals surface area contributed by atoms with Crippen LogP contribution in [-0.4, -0.2) is 36.7 Å². The minimum Gasteiger partial charge on any atom is -0.408 e. The van der Waals surface area contributed by atoms with E-state index in [1.807, 2.05) is 0 Å². The number of aromatic amines is 1. The second-order valence-electron chi connectivity index (χ2n) is 7.44. The van der Waals surface area contributed by atoms with Crippen LogP contribution >= 0.6 is 0 Å². The number of halogens is 3. The van der Waals surface area contributed by atoms with Gasteiger partial charge in [0.2, 0.25) is 15.9 Å². The van der Waals surface area contributed by atoms with E-state index in [4.69, 9.17) is 4.42 Å². The molecule has 3 aromatic rings. The molecule has 2 heterocycles. The van der Waals surface area contributed by atoms with Crippen LogP contribution in [0.25, 0.3) is 11.1 Å². The Bertz CT molecular complexity index is 1330. The molecule has 1 fully saturated rings. The molecule has 1 aliphatic rings. The van der Waals surface area contributed by atoms with Crippen LogP contribution in [0.3, 0.4) is 0 Å². The molecule has 1 aliphatic heterocycles. The van der Waals surface area contributed by atoms with Gasteiger partial charge in [0.25, 0.3) is 0 Å². The fourth-order valence-corrected chi connectivity index (χ4v) is 5.17. The molecule has 2 N–H and O–H groups in total. The number of amides is 1. The smallest absolute Gasteiger partial charge is 0.408 e. The molecule has 0 unspecified atom stereocenters. The van der Waals surface area contributed by atoms with Crippen LogP contribution in [0.15, 0.2) is 56.6 Å². The van der Waals surface area contributed by atoms with Crippen molar-refractivity contribution < 1.29 is 30.8 Å². The first-order valence-electron chi connectivity index (χ1n) is 9.65. The summed E-state index contributed by atoms with van der Waals surface area (Å²) >= 11 is 0. The molecule has 170 valence electrons. The van der Waals surface area contributed by atoms with Crippen LogP contribution in [0.4, 0.5) is 18.9 Å². The molecule has 4 rings (SSSR count). The molecule has 8 nitrogen and oxygen atoms in total. The van der Waals surface area contributed by atoms with Crippen LogP contribution in [0.5, 0.6) is 0 Å². The molecule has 0 radical (unpaired) electrons. The van der Waals surface area contributed by atoms with Crippen molar-refractivity contribution in [3.05, 3.63) is 58.6 Å². The quantitative estimate of drug-likeness (QED) is 0.610. The highest BCUT2D eigenvalue weighted by Gasteiger charge is 2.34. The number of anilines is 1. The summed E-state index contributed by atoms with van der Waals surface area (Å²) in [6.45, 7) is 0.0625. The van der Waals surface area contributed by atoms with E-state index in [1.165, 1.54) is 30.3 Å². The number of hydrogen-bond acceptors (Lipinski definition) is 5. The van der Waals surface area contributed by atoms with Gasteiger partial charge in [-0.15, -0.1) is 0 Å². The zero-order valence-electron chi connectivity index (χ0n) is 16.5. The van der Waals surface area contributed by atoms with Gasteiger partial charge in [-0.2, -0.15) is 17.5 Å². The molecular weight excluding hydrogens is 451 g/mol. The van der Waals surface area contributed by atoms with Crippen molar-refractivity contribution in [2.45, 2.75) is 23.9 Å². The van der Waals surface area contributed by atoms with Gasteiger partial charge in [-0.05, 0) is 43.2 Å². The van der Waals surface area contributed by atoms with E-state index in [-0.39, 0.29) is 29.3 Å². The fourth-order valence-electron chi connectivity index (χ4n) is 3.63. The van der Waals surface area contributed by atoms with Gasteiger partial charge in [-0.25, -0.2) is 13.2 Å². The van der Waals surface area contributed by atoms with E-state index in [0.717, 1.165) is 16.4 Å². The average molecular weight is 469 g/mol. The highest BCUT2D eigenvalue weighted by Crippen LogP contribution is 2.31. The Labute approximate surface area is 180 Å². The van der Waals surface area contributed by atoms with Crippen molar-refractivity contribution >= 4 is 32.7 Å². The molecule has 1 saturated heterocycles. The van der Waals surface area contributed by atoms with E-state index in [2.05, 4.69) is 10.3 Å². The third-order valence-corrected chi connectivity index (χ3v) is 7.10. The maximum Gasteiger partial charge on any atom is 0.417 e. The summed E-state index contributed by atoms with van der Waals surface area (Å²) in [5.74, 6) is -2.00. The Morgan fingerprint density at radius 2 is 1.97 bits per heavy atom. The number of H-pyrrole nitrogens is 1. The number of piperidine rings is 1. The Kier molecular flexibility index (Phi) is 5.59. The number of nitrogens with one attached hydrogen (secondary N) is 2. The van der Waals surface area contributed by atoms with Crippen molar-refractivity contribution in [1.82, 2.24) is 9.29 Å². The van der Waals surface area contributed by atoms with E-state index >= 15 is 0 Å². The second-order valence-corrected chi connectivity index (χ2v) is 9.38. The summed E-state index contributed by atoms with van der Waals surface area (Å²) in [7, 11) is -3.98. The standard InChI is InChI=1S/C20H18F3N3O5S/c21-20(22,23)13-4-1-5-14(9-13)24-18(27)12-3-2-8-26(11-12)32(29,30)15-6-7-16-17(10-15)31-19(28)25-16/h1,4-7,9-10,12H,2-3,8,11H2,(H,24,27)(H,25,28)/t12-/m1/s1. The number of hydrogen-bond donors (Lipinski definition) is 2. The Morgan fingerprint density at radius 1 is 1.19 bits per heavy atom. The number of benzene rings is 2. The Morgan fingerprint density at radius 3 is 2.72 bits per heavy atom. The largest absolute Gasteiger partial charge is 0.417 e. The lowest BCUT2D eigenvalue weighted by Gasteiger charge is -2.31. The predicted molar refractivity (Wildman–Crippen MR) is 108 cm³/mol. The number of nitrogens with zero attached hydrogens (tertiary/aromatic N) is 1. The lowest BCUT2D eigenvalue weighted by Crippen LogP contribution is -2.43. The average Bonchev–Trinajstić information content (AvgIpc) is 3.12. The normalized spacial score (nSPS) is 18.0. The SMILES string of the molecule is O=C(Nc1cccc(C(F)(F)F)c1)[C@@H]1CCCN(S(=O)(=O)c2ccc3[nH]c(=O)oc3c2)C1. The molecule has 0 bridgehead atoms. The molecule has 1 amide bonds. The number of rotatable bonds is 4. The summed E-state index contributed by atoms with van der Waals surface area (Å²) in [5.41, 5.74) is -0.467. The van der Waals surface area contributed by atoms with Crippen molar-refractivity contribution in [3.8, 4) is 0 Å². The first kappa shape index (κ1) is 22.1. The Hall–Kier alpha value is -3.12. The van der Waals surface area contributed by atoms with Crippen molar-refractivity contribution in [2.75, 3.05) is 18.4 Å². The lowest BCUT2D eigenvalue weighted by atomic mass is 9.98. The van der Waals surface area contributed by atoms with Gasteiger partial charge in [0.1, 0.15) is 0 Å². The predicted octanol–water partition coefficient (Wildman–Crippen LogP) is 3.18. The van der Waals surface area contributed by atoms with Crippen LogP contribution < -0.4 is 11.1 Å². The lowest BCUT2D eigenvalue weighted by molar-refractivity contribution is -0.137. The number of carbonyl (C=O) groups is 1. The van der Waals surface area contributed by atoms with Crippen LogP contribution in [-0.2, 0) is 21.0 Å². The minimum atomic E-state index is -4.55. The van der Waals surface area contributed by atoms with Crippen molar-refractivity contribution in [1.29, 1.82) is 0 Å². The first-order valence-corrected chi connectivity index (χ1v) is 11.1. The molecule has 0 aliphatic carbocycles. The van der Waals surface area contributed by atoms with Gasteiger partial charge in [0.05, 0.1) is 21.9 Å². The van der Waals surface area contributed by atoms with Gasteiger partial charge in [-0.3, -0.25) is 9.78 Å². The van der Waals surface area contributed by atoms with E-state index in [9.17, 15) is 31.2 Å². The van der Waals surface area contributed by atoms with Crippen LogP contribution in [0.1, 0.15) is 18.4 Å². The second kappa shape index (κ2) is 8.10. The van der Waals surface area contributed by atoms with E-state index in [0.29, 0.717) is 18.4 Å². The maximum absolute atomic E-state index is 13.1. The highest BCUT2D eigenvalue weighted by molar-refractivity contribution is 7.89. The summed E-state index contributed by atoms with van der Waals surface area (Å²) in [5, 5.41) is 2.45. The van der Waals surface area contributed by atoms with Gasteiger partial charge >= 0.3 is 11.9 Å². The first-order chi connectivity index (χ1) is 15.0. The summed E-state index contributed by atoms with van der Waals surface area (Å²) in [4.78, 5) is 26.3. The monoisotopic (exact) mass is 469 g/mol. The molecule has 2 aromatic carbocycles. The van der Waals surface area contributed by atoms with Gasteiger partial charge in [-0.1, -0.05) is 6.07 Å². The summed E-state index contributed by atoms with van der Waals surface area (Å²) in [6.07, 6.45) is -3.75. The molecular formula is C20H18F3N3O5S. The molecule has 0 spiro atoms. The molecule has 32 heavy (non-hydrogen) atoms. The summed E-state index contributed by atoms with van der Waals surface area (Å²) in [6, 6.07) is 8.22.